The van der Waals surface area contributed by atoms with E-state index in [1.165, 1.54) is 7.11 Å². The Morgan fingerprint density at radius 2 is 1.94 bits per heavy atom. The van der Waals surface area contributed by atoms with Gasteiger partial charge in [-0.3, -0.25) is 4.79 Å². The van der Waals surface area contributed by atoms with E-state index in [-0.39, 0.29) is 5.97 Å². The van der Waals surface area contributed by atoms with Crippen molar-refractivity contribution in [1.82, 2.24) is 5.32 Å². The highest BCUT2D eigenvalue weighted by Gasteiger charge is 2.57. The number of carbonyl (C=O) groups is 1. The number of methoxy groups -OCH3 is 1. The van der Waals surface area contributed by atoms with Crippen molar-refractivity contribution < 1.29 is 14.6 Å². The molecule has 1 saturated heterocycles. The molecule has 0 aromatic carbocycles. The lowest BCUT2D eigenvalue weighted by molar-refractivity contribution is -0.175. The van der Waals surface area contributed by atoms with Crippen LogP contribution in [0.5, 0.6) is 0 Å². The third-order valence-corrected chi connectivity index (χ3v) is 4.28. The average molecular weight is 227 g/mol. The summed E-state index contributed by atoms with van der Waals surface area (Å²) in [6.07, 6.45) is 5.14. The Balaban J connectivity index is 2.28. The molecule has 2 N–H and O–H groups in total. The van der Waals surface area contributed by atoms with E-state index < -0.39 is 11.0 Å². The van der Waals surface area contributed by atoms with E-state index in [2.05, 4.69) is 5.32 Å². The molecule has 4 nitrogen and oxygen atoms in total. The predicted molar refractivity (Wildman–Crippen MR) is 60.0 cm³/mol. The van der Waals surface area contributed by atoms with Gasteiger partial charge in [-0.1, -0.05) is 12.8 Å². The van der Waals surface area contributed by atoms with E-state index >= 15 is 0 Å². The average Bonchev–Trinajstić information content (AvgIpc) is 2.77. The van der Waals surface area contributed by atoms with Gasteiger partial charge < -0.3 is 15.2 Å². The molecule has 4 heteroatoms. The predicted octanol–water partition coefficient (Wildman–Crippen LogP) is 0.834. The first-order chi connectivity index (χ1) is 7.65. The van der Waals surface area contributed by atoms with Gasteiger partial charge in [-0.05, 0) is 32.2 Å². The highest BCUT2D eigenvalue weighted by Crippen LogP contribution is 2.48. The Kier molecular flexibility index (Phi) is 3.22. The Labute approximate surface area is 96.4 Å². The van der Waals surface area contributed by atoms with Crippen LogP contribution >= 0.6 is 0 Å². The summed E-state index contributed by atoms with van der Waals surface area (Å²) in [5.41, 5.74) is -1.57. The van der Waals surface area contributed by atoms with Crippen molar-refractivity contribution >= 4 is 5.97 Å². The van der Waals surface area contributed by atoms with Crippen molar-refractivity contribution in [3.8, 4) is 0 Å². The first-order valence-corrected chi connectivity index (χ1v) is 6.16. The van der Waals surface area contributed by atoms with Crippen molar-refractivity contribution in [2.75, 3.05) is 20.2 Å². The van der Waals surface area contributed by atoms with Gasteiger partial charge in [0.25, 0.3) is 0 Å². The van der Waals surface area contributed by atoms with Crippen LogP contribution < -0.4 is 5.32 Å². The molecule has 92 valence electrons. The van der Waals surface area contributed by atoms with Crippen molar-refractivity contribution in [2.24, 2.45) is 5.41 Å². The van der Waals surface area contributed by atoms with Crippen molar-refractivity contribution in [3.05, 3.63) is 0 Å². The Hall–Kier alpha value is -0.610. The van der Waals surface area contributed by atoms with Crippen LogP contribution in [0, 0.1) is 5.41 Å². The van der Waals surface area contributed by atoms with E-state index in [1.807, 2.05) is 0 Å². The lowest BCUT2D eigenvalue weighted by Gasteiger charge is -2.45. The van der Waals surface area contributed by atoms with Crippen LogP contribution in [0.15, 0.2) is 0 Å². The van der Waals surface area contributed by atoms with Crippen LogP contribution in [-0.4, -0.2) is 36.9 Å². The van der Waals surface area contributed by atoms with E-state index in [1.54, 1.807) is 0 Å². The fourth-order valence-electron chi connectivity index (χ4n) is 3.30. The second kappa shape index (κ2) is 4.34. The fourth-order valence-corrected chi connectivity index (χ4v) is 3.30. The number of nitrogens with one attached hydrogen (secondary N) is 1. The summed E-state index contributed by atoms with van der Waals surface area (Å²) in [6.45, 7) is 1.48. The minimum atomic E-state index is -0.854. The van der Waals surface area contributed by atoms with E-state index in [9.17, 15) is 9.90 Å². The molecule has 1 heterocycles. The second-order valence-electron chi connectivity index (χ2n) is 5.09. The molecule has 2 aliphatic rings. The Bertz CT molecular complexity index is 265. The fraction of sp³-hybridized carbons (Fsp3) is 0.917. The molecule has 1 unspecified atom stereocenters. The molecular weight excluding hydrogens is 206 g/mol. The smallest absolute Gasteiger partial charge is 0.316 e. The number of aliphatic hydroxyl groups is 1. The van der Waals surface area contributed by atoms with Crippen molar-refractivity contribution in [1.29, 1.82) is 0 Å². The van der Waals surface area contributed by atoms with Crippen molar-refractivity contribution in [3.63, 3.8) is 0 Å². The molecule has 2 fully saturated rings. The van der Waals surface area contributed by atoms with E-state index in [0.29, 0.717) is 6.54 Å². The molecule has 1 saturated carbocycles. The maximum atomic E-state index is 12.1. The Morgan fingerprint density at radius 1 is 1.25 bits per heavy atom. The number of ether oxygens (including phenoxy) is 1. The van der Waals surface area contributed by atoms with E-state index in [4.69, 9.17) is 4.74 Å². The summed E-state index contributed by atoms with van der Waals surface area (Å²) in [5.74, 6) is -0.246. The van der Waals surface area contributed by atoms with Gasteiger partial charge in [0.2, 0.25) is 0 Å². The molecule has 16 heavy (non-hydrogen) atoms. The zero-order chi connectivity index (χ0) is 11.6. The molecule has 0 aromatic rings. The van der Waals surface area contributed by atoms with Crippen LogP contribution in [0.25, 0.3) is 0 Å². The lowest BCUT2D eigenvalue weighted by atomic mass is 9.66. The van der Waals surface area contributed by atoms with Crippen LogP contribution in [0.1, 0.15) is 38.5 Å². The normalized spacial score (nSPS) is 33.6. The summed E-state index contributed by atoms with van der Waals surface area (Å²) in [7, 11) is 1.41. The number of rotatable bonds is 2. The molecule has 0 spiro atoms. The first kappa shape index (κ1) is 11.9. The molecule has 1 aliphatic heterocycles. The van der Waals surface area contributed by atoms with Crippen LogP contribution in [-0.2, 0) is 9.53 Å². The second-order valence-corrected chi connectivity index (χ2v) is 5.09. The van der Waals surface area contributed by atoms with Crippen LogP contribution in [0.2, 0.25) is 0 Å². The monoisotopic (exact) mass is 227 g/mol. The minimum Gasteiger partial charge on any atom is -0.468 e. The van der Waals surface area contributed by atoms with Gasteiger partial charge in [0.05, 0.1) is 12.7 Å². The maximum Gasteiger partial charge on any atom is 0.316 e. The summed E-state index contributed by atoms with van der Waals surface area (Å²) < 4.78 is 4.93. The first-order valence-electron chi connectivity index (χ1n) is 6.16. The van der Waals surface area contributed by atoms with Gasteiger partial charge in [-0.15, -0.1) is 0 Å². The number of esters is 1. The van der Waals surface area contributed by atoms with Gasteiger partial charge in [0.15, 0.2) is 0 Å². The Morgan fingerprint density at radius 3 is 2.44 bits per heavy atom. The van der Waals surface area contributed by atoms with Gasteiger partial charge >= 0.3 is 5.97 Å². The highest BCUT2D eigenvalue weighted by atomic mass is 16.5. The van der Waals surface area contributed by atoms with E-state index in [0.717, 1.165) is 45.1 Å². The van der Waals surface area contributed by atoms with Crippen LogP contribution in [0.4, 0.5) is 0 Å². The molecule has 2 rings (SSSR count). The number of hydrogen-bond acceptors (Lipinski definition) is 4. The maximum absolute atomic E-state index is 12.1. The standard InChI is InChI=1S/C12H21NO3/c1-16-10(14)11(5-4-8-13-9-11)12(15)6-2-3-7-12/h13,15H,2-9H2,1H3. The van der Waals surface area contributed by atoms with Crippen LogP contribution in [0.3, 0.4) is 0 Å². The number of piperidine rings is 1. The zero-order valence-electron chi connectivity index (χ0n) is 9.92. The number of carbonyl (C=O) groups excluding carboxylic acids is 1. The third kappa shape index (κ3) is 1.64. The summed E-state index contributed by atoms with van der Waals surface area (Å²) >= 11 is 0. The lowest BCUT2D eigenvalue weighted by Crippen LogP contribution is -2.59. The topological polar surface area (TPSA) is 58.6 Å². The molecular formula is C12H21NO3. The molecule has 1 atom stereocenters. The molecule has 0 amide bonds. The summed E-state index contributed by atoms with van der Waals surface area (Å²) in [4.78, 5) is 12.1. The van der Waals surface area contributed by atoms with Gasteiger partial charge in [-0.2, -0.15) is 0 Å². The molecule has 0 bridgehead atoms. The SMILES string of the molecule is COC(=O)C1(C2(O)CCCC2)CCCNC1. The van der Waals surface area contributed by atoms with Gasteiger partial charge in [-0.25, -0.2) is 0 Å². The third-order valence-electron chi connectivity index (χ3n) is 4.28. The quantitative estimate of drug-likeness (QED) is 0.686. The largest absolute Gasteiger partial charge is 0.468 e. The van der Waals surface area contributed by atoms with Gasteiger partial charge in [0, 0.05) is 6.54 Å². The zero-order valence-corrected chi connectivity index (χ0v) is 9.92. The molecule has 0 radical (unpaired) electrons. The number of hydrogen-bond donors (Lipinski definition) is 2. The minimum absolute atomic E-state index is 0.246. The molecule has 0 aromatic heterocycles. The van der Waals surface area contributed by atoms with Gasteiger partial charge in [0.1, 0.15) is 5.41 Å². The van der Waals surface area contributed by atoms with Crippen molar-refractivity contribution in [2.45, 2.75) is 44.1 Å². The summed E-state index contributed by atoms with van der Waals surface area (Å²) in [6, 6.07) is 0. The highest BCUT2D eigenvalue weighted by molar-refractivity contribution is 5.79. The summed E-state index contributed by atoms with van der Waals surface area (Å²) in [5, 5.41) is 14.0. The molecule has 1 aliphatic carbocycles.